The van der Waals surface area contributed by atoms with Crippen LogP contribution in [0.2, 0.25) is 0 Å². The number of aliphatic hydroxyl groups is 1. The molecule has 1 aromatic heterocycles. The van der Waals surface area contributed by atoms with Gasteiger partial charge in [-0.05, 0) is 6.07 Å². The fourth-order valence-electron chi connectivity index (χ4n) is 1.01. The molecule has 1 aromatic rings. The lowest BCUT2D eigenvalue weighted by molar-refractivity contribution is -0.697. The summed E-state index contributed by atoms with van der Waals surface area (Å²) in [6, 6.07) is 3.83. The van der Waals surface area contributed by atoms with Crippen LogP contribution in [0.15, 0.2) is 24.5 Å². The summed E-state index contributed by atoms with van der Waals surface area (Å²) in [5.41, 5.74) is 0. The van der Waals surface area contributed by atoms with Crippen LogP contribution in [-0.2, 0) is 6.54 Å². The second-order valence-corrected chi connectivity index (χ2v) is 2.56. The Morgan fingerprint density at radius 3 is 3.08 bits per heavy atom. The third kappa shape index (κ3) is 2.51. The first-order valence-corrected chi connectivity index (χ1v) is 4.01. The molecule has 1 N–H and O–H groups in total. The van der Waals surface area contributed by atoms with E-state index in [2.05, 4.69) is 0 Å². The number of hydrogen-bond acceptors (Lipinski definition) is 2. The Bertz CT molecular complexity index is 238. The number of rotatable bonds is 4. The van der Waals surface area contributed by atoms with Gasteiger partial charge in [0.15, 0.2) is 18.5 Å². The topological polar surface area (TPSA) is 33.3 Å². The smallest absolute Gasteiger partial charge is 0.211 e. The van der Waals surface area contributed by atoms with Crippen LogP contribution in [-0.4, -0.2) is 18.8 Å². The van der Waals surface area contributed by atoms with Crippen LogP contribution in [0.4, 0.5) is 0 Å². The van der Waals surface area contributed by atoms with Gasteiger partial charge in [-0.25, -0.2) is 4.57 Å². The SMILES string of the molecule is COc1ccc[n+](CCCO)c1. The molecule has 1 heterocycles. The molecule has 0 saturated carbocycles. The van der Waals surface area contributed by atoms with Crippen LogP contribution in [0.1, 0.15) is 6.42 Å². The van der Waals surface area contributed by atoms with E-state index < -0.39 is 0 Å². The minimum atomic E-state index is 0.226. The Morgan fingerprint density at radius 2 is 2.42 bits per heavy atom. The first-order valence-electron chi connectivity index (χ1n) is 4.01. The molecule has 66 valence electrons. The quantitative estimate of drug-likeness (QED) is 0.659. The number of methoxy groups -OCH3 is 1. The van der Waals surface area contributed by atoms with E-state index in [1.807, 2.05) is 29.1 Å². The predicted octanol–water partition coefficient (Wildman–Crippen LogP) is 0.365. The molecule has 0 radical (unpaired) electrons. The van der Waals surface area contributed by atoms with Crippen molar-refractivity contribution in [1.29, 1.82) is 0 Å². The van der Waals surface area contributed by atoms with Crippen LogP contribution in [0.3, 0.4) is 0 Å². The summed E-state index contributed by atoms with van der Waals surface area (Å²) < 4.78 is 7.05. The zero-order chi connectivity index (χ0) is 8.81. The van der Waals surface area contributed by atoms with E-state index in [1.54, 1.807) is 7.11 Å². The summed E-state index contributed by atoms with van der Waals surface area (Å²) in [5.74, 6) is 0.843. The number of hydrogen-bond donors (Lipinski definition) is 1. The molecule has 0 spiro atoms. The van der Waals surface area contributed by atoms with Gasteiger partial charge in [0, 0.05) is 19.1 Å². The van der Waals surface area contributed by atoms with Gasteiger partial charge in [-0.3, -0.25) is 0 Å². The molecule has 0 aliphatic carbocycles. The summed E-state index contributed by atoms with van der Waals surface area (Å²) in [7, 11) is 1.64. The van der Waals surface area contributed by atoms with Crippen LogP contribution < -0.4 is 9.30 Å². The fraction of sp³-hybridized carbons (Fsp3) is 0.444. The second kappa shape index (κ2) is 4.72. The molecule has 1 rings (SSSR count). The highest BCUT2D eigenvalue weighted by atomic mass is 16.5. The molecule has 3 heteroatoms. The Kier molecular flexibility index (Phi) is 3.54. The molecule has 0 unspecified atom stereocenters. The average Bonchev–Trinajstić information content (AvgIpc) is 2.15. The van der Waals surface area contributed by atoms with Gasteiger partial charge >= 0.3 is 0 Å². The van der Waals surface area contributed by atoms with E-state index in [0.717, 1.165) is 18.7 Å². The molecule has 0 amide bonds. The van der Waals surface area contributed by atoms with E-state index in [0.29, 0.717) is 0 Å². The summed E-state index contributed by atoms with van der Waals surface area (Å²) >= 11 is 0. The highest BCUT2D eigenvalue weighted by Crippen LogP contribution is 2.02. The van der Waals surface area contributed by atoms with Gasteiger partial charge in [0.05, 0.1) is 7.11 Å². The first kappa shape index (κ1) is 9.00. The van der Waals surface area contributed by atoms with E-state index >= 15 is 0 Å². The largest absolute Gasteiger partial charge is 0.491 e. The lowest BCUT2D eigenvalue weighted by Gasteiger charge is -1.97. The molecular formula is C9H14NO2+. The number of aliphatic hydroxyl groups excluding tert-OH is 1. The molecule has 0 bridgehead atoms. The van der Waals surface area contributed by atoms with Crippen molar-refractivity contribution < 1.29 is 14.4 Å². The maximum absolute atomic E-state index is 8.61. The summed E-state index contributed by atoms with van der Waals surface area (Å²) in [6.45, 7) is 1.05. The van der Waals surface area contributed by atoms with Crippen LogP contribution in [0.5, 0.6) is 5.75 Å². The number of aryl methyl sites for hydroxylation is 1. The normalized spacial score (nSPS) is 9.83. The maximum atomic E-state index is 8.61. The van der Waals surface area contributed by atoms with Crippen molar-refractivity contribution in [2.45, 2.75) is 13.0 Å². The molecule has 0 aromatic carbocycles. The van der Waals surface area contributed by atoms with Crippen molar-refractivity contribution in [1.82, 2.24) is 0 Å². The third-order valence-corrected chi connectivity index (χ3v) is 1.64. The van der Waals surface area contributed by atoms with Gasteiger partial charge in [0.1, 0.15) is 0 Å². The van der Waals surface area contributed by atoms with E-state index in [9.17, 15) is 0 Å². The summed E-state index contributed by atoms with van der Waals surface area (Å²) in [6.07, 6.45) is 4.64. The van der Waals surface area contributed by atoms with Crippen LogP contribution >= 0.6 is 0 Å². The number of ether oxygens (including phenoxy) is 1. The van der Waals surface area contributed by atoms with E-state index in [4.69, 9.17) is 9.84 Å². The Morgan fingerprint density at radius 1 is 1.58 bits per heavy atom. The number of pyridine rings is 1. The fourth-order valence-corrected chi connectivity index (χ4v) is 1.01. The highest BCUT2D eigenvalue weighted by molar-refractivity contribution is 5.11. The van der Waals surface area contributed by atoms with Gasteiger partial charge in [0.25, 0.3) is 0 Å². The predicted molar refractivity (Wildman–Crippen MR) is 44.9 cm³/mol. The summed E-state index contributed by atoms with van der Waals surface area (Å²) in [5, 5.41) is 8.61. The molecule has 3 nitrogen and oxygen atoms in total. The van der Waals surface area contributed by atoms with Gasteiger partial charge in [-0.1, -0.05) is 0 Å². The van der Waals surface area contributed by atoms with Crippen molar-refractivity contribution in [3.05, 3.63) is 24.5 Å². The lowest BCUT2D eigenvalue weighted by Crippen LogP contribution is -2.33. The van der Waals surface area contributed by atoms with Crippen molar-refractivity contribution in [2.24, 2.45) is 0 Å². The molecule has 0 saturated heterocycles. The van der Waals surface area contributed by atoms with Crippen molar-refractivity contribution in [2.75, 3.05) is 13.7 Å². The van der Waals surface area contributed by atoms with Gasteiger partial charge in [-0.15, -0.1) is 0 Å². The Balaban J connectivity index is 2.60. The van der Waals surface area contributed by atoms with E-state index in [1.165, 1.54) is 0 Å². The Labute approximate surface area is 72.2 Å². The lowest BCUT2D eigenvalue weighted by atomic mass is 10.4. The second-order valence-electron chi connectivity index (χ2n) is 2.56. The zero-order valence-electron chi connectivity index (χ0n) is 7.23. The monoisotopic (exact) mass is 168 g/mol. The minimum absolute atomic E-state index is 0.226. The van der Waals surface area contributed by atoms with Gasteiger partial charge in [-0.2, -0.15) is 0 Å². The van der Waals surface area contributed by atoms with Crippen LogP contribution in [0, 0.1) is 0 Å². The molecule has 0 aliphatic rings. The number of aromatic nitrogens is 1. The maximum Gasteiger partial charge on any atom is 0.211 e. The molecule has 0 atom stereocenters. The standard InChI is InChI=1S/C9H14NO2/c1-12-9-4-2-5-10(8-9)6-3-7-11/h2,4-5,8,11H,3,6-7H2,1H3/q+1. The number of nitrogens with zero attached hydrogens (tertiary/aromatic N) is 1. The summed E-state index contributed by atoms with van der Waals surface area (Å²) in [4.78, 5) is 0. The van der Waals surface area contributed by atoms with Crippen molar-refractivity contribution in [3.63, 3.8) is 0 Å². The van der Waals surface area contributed by atoms with E-state index in [-0.39, 0.29) is 6.61 Å². The van der Waals surface area contributed by atoms with Gasteiger partial charge in [0.2, 0.25) is 6.20 Å². The van der Waals surface area contributed by atoms with Crippen molar-refractivity contribution in [3.8, 4) is 5.75 Å². The molecular weight excluding hydrogens is 154 g/mol. The minimum Gasteiger partial charge on any atom is -0.491 e. The third-order valence-electron chi connectivity index (χ3n) is 1.64. The van der Waals surface area contributed by atoms with Crippen LogP contribution in [0.25, 0.3) is 0 Å². The zero-order valence-corrected chi connectivity index (χ0v) is 7.23. The van der Waals surface area contributed by atoms with Gasteiger partial charge < -0.3 is 9.84 Å². The average molecular weight is 168 g/mol. The van der Waals surface area contributed by atoms with Crippen molar-refractivity contribution >= 4 is 0 Å². The highest BCUT2D eigenvalue weighted by Gasteiger charge is 2.00. The molecule has 12 heavy (non-hydrogen) atoms. The Hall–Kier alpha value is -1.09. The first-order chi connectivity index (χ1) is 5.86. The molecule has 0 fully saturated rings. The molecule has 0 aliphatic heterocycles.